The monoisotopic (exact) mass is 372 g/mol. The summed E-state index contributed by atoms with van der Waals surface area (Å²) in [6.45, 7) is 4.14. The van der Waals surface area contributed by atoms with Crippen molar-refractivity contribution >= 4 is 11.6 Å². The minimum absolute atomic E-state index is 0.0584. The number of aliphatic hydroxyl groups is 1. The molecule has 7 nitrogen and oxygen atoms in total. The largest absolute Gasteiger partial charge is 0.508 e. The molecular weight excluding hydrogens is 348 g/mol. The normalized spacial score (nSPS) is 14.9. The second kappa shape index (κ2) is 7.46. The SMILES string of the molecule is CC(C)(Cc1ccc(O)cc1)NCC(O)c1cc(O)cc2c1OCC(=O)N2. The fourth-order valence-electron chi connectivity index (χ4n) is 3.13. The van der Waals surface area contributed by atoms with E-state index in [2.05, 4.69) is 10.6 Å². The number of carbonyl (C=O) groups excluding carboxylic acids is 1. The van der Waals surface area contributed by atoms with Gasteiger partial charge in [0.15, 0.2) is 6.61 Å². The molecule has 0 radical (unpaired) electrons. The van der Waals surface area contributed by atoms with Crippen LogP contribution in [0.15, 0.2) is 36.4 Å². The van der Waals surface area contributed by atoms with E-state index >= 15 is 0 Å². The number of anilines is 1. The number of phenolic OH excluding ortho intramolecular Hbond substituents is 2. The van der Waals surface area contributed by atoms with E-state index in [0.717, 1.165) is 5.56 Å². The van der Waals surface area contributed by atoms with Crippen molar-refractivity contribution in [2.24, 2.45) is 0 Å². The third kappa shape index (κ3) is 4.69. The number of fused-ring (bicyclic) bond motifs is 1. The van der Waals surface area contributed by atoms with E-state index in [-0.39, 0.29) is 36.1 Å². The summed E-state index contributed by atoms with van der Waals surface area (Å²) in [6.07, 6.45) is -0.231. The maximum Gasteiger partial charge on any atom is 0.262 e. The Balaban J connectivity index is 1.69. The molecule has 1 heterocycles. The fourth-order valence-corrected chi connectivity index (χ4v) is 3.13. The number of ether oxygens (including phenoxy) is 1. The summed E-state index contributed by atoms with van der Waals surface area (Å²) in [5.74, 6) is 0.234. The van der Waals surface area contributed by atoms with Crippen LogP contribution in [0.4, 0.5) is 5.69 Å². The van der Waals surface area contributed by atoms with Crippen LogP contribution in [0.5, 0.6) is 17.2 Å². The van der Waals surface area contributed by atoms with E-state index < -0.39 is 6.10 Å². The number of benzene rings is 2. The molecule has 1 amide bonds. The van der Waals surface area contributed by atoms with Crippen molar-refractivity contribution in [3.63, 3.8) is 0 Å². The van der Waals surface area contributed by atoms with Gasteiger partial charge in [0.25, 0.3) is 5.91 Å². The number of amides is 1. The summed E-state index contributed by atoms with van der Waals surface area (Å²) in [4.78, 5) is 11.5. The molecule has 0 aliphatic carbocycles. The van der Waals surface area contributed by atoms with E-state index in [9.17, 15) is 20.1 Å². The van der Waals surface area contributed by atoms with Gasteiger partial charge in [-0.05, 0) is 44.0 Å². The van der Waals surface area contributed by atoms with E-state index in [1.807, 2.05) is 26.0 Å². The molecule has 144 valence electrons. The molecule has 0 spiro atoms. The molecule has 3 rings (SSSR count). The predicted octanol–water partition coefficient (Wildman–Crippen LogP) is 2.07. The van der Waals surface area contributed by atoms with Gasteiger partial charge in [0.05, 0.1) is 11.8 Å². The molecule has 1 atom stereocenters. The Labute approximate surface area is 157 Å². The Bertz CT molecular complexity index is 833. The van der Waals surface area contributed by atoms with Crippen molar-refractivity contribution in [1.82, 2.24) is 5.32 Å². The van der Waals surface area contributed by atoms with Crippen LogP contribution in [0.3, 0.4) is 0 Å². The summed E-state index contributed by atoms with van der Waals surface area (Å²) in [5, 5.41) is 35.9. The Kier molecular flexibility index (Phi) is 5.25. The highest BCUT2D eigenvalue weighted by Gasteiger charge is 2.26. The first-order valence-electron chi connectivity index (χ1n) is 8.74. The van der Waals surface area contributed by atoms with Crippen molar-refractivity contribution < 1.29 is 24.9 Å². The third-order valence-corrected chi connectivity index (χ3v) is 4.44. The van der Waals surface area contributed by atoms with Gasteiger partial charge in [-0.1, -0.05) is 12.1 Å². The lowest BCUT2D eigenvalue weighted by molar-refractivity contribution is -0.118. The lowest BCUT2D eigenvalue weighted by Crippen LogP contribution is -2.43. The summed E-state index contributed by atoms with van der Waals surface area (Å²) < 4.78 is 5.45. The third-order valence-electron chi connectivity index (χ3n) is 4.44. The fraction of sp³-hybridized carbons (Fsp3) is 0.350. The summed E-state index contributed by atoms with van der Waals surface area (Å²) in [6, 6.07) is 9.84. The van der Waals surface area contributed by atoms with E-state index in [4.69, 9.17) is 4.74 Å². The number of rotatable bonds is 6. The second-order valence-corrected chi connectivity index (χ2v) is 7.37. The average molecular weight is 372 g/mol. The van der Waals surface area contributed by atoms with Crippen molar-refractivity contribution in [3.05, 3.63) is 47.5 Å². The average Bonchev–Trinajstić information content (AvgIpc) is 2.60. The lowest BCUT2D eigenvalue weighted by Gasteiger charge is -2.29. The van der Waals surface area contributed by atoms with Gasteiger partial charge in [0, 0.05) is 23.7 Å². The smallest absolute Gasteiger partial charge is 0.262 e. The van der Waals surface area contributed by atoms with Crippen molar-refractivity contribution in [2.75, 3.05) is 18.5 Å². The zero-order valence-corrected chi connectivity index (χ0v) is 15.3. The highest BCUT2D eigenvalue weighted by Crippen LogP contribution is 2.38. The van der Waals surface area contributed by atoms with Gasteiger partial charge in [0.1, 0.15) is 17.2 Å². The second-order valence-electron chi connectivity index (χ2n) is 7.37. The van der Waals surface area contributed by atoms with Crippen LogP contribution in [0.2, 0.25) is 0 Å². The number of phenols is 2. The van der Waals surface area contributed by atoms with Crippen molar-refractivity contribution in [3.8, 4) is 17.2 Å². The molecule has 27 heavy (non-hydrogen) atoms. The highest BCUT2D eigenvalue weighted by molar-refractivity contribution is 5.96. The van der Waals surface area contributed by atoms with Crippen LogP contribution < -0.4 is 15.4 Å². The molecular formula is C20H24N2O5. The molecule has 5 N–H and O–H groups in total. The minimum Gasteiger partial charge on any atom is -0.508 e. The number of aromatic hydroxyl groups is 2. The number of hydrogen-bond acceptors (Lipinski definition) is 6. The minimum atomic E-state index is -0.931. The molecule has 0 saturated heterocycles. The highest BCUT2D eigenvalue weighted by atomic mass is 16.5. The van der Waals surface area contributed by atoms with Gasteiger partial charge in [-0.2, -0.15) is 0 Å². The summed E-state index contributed by atoms with van der Waals surface area (Å²) in [7, 11) is 0. The molecule has 1 unspecified atom stereocenters. The first-order chi connectivity index (χ1) is 12.7. The molecule has 1 aliphatic rings. The molecule has 0 fully saturated rings. The van der Waals surface area contributed by atoms with Gasteiger partial charge in [-0.3, -0.25) is 4.79 Å². The van der Waals surface area contributed by atoms with E-state index in [1.54, 1.807) is 12.1 Å². The Morgan fingerprint density at radius 1 is 1.19 bits per heavy atom. The zero-order valence-electron chi connectivity index (χ0n) is 15.3. The van der Waals surface area contributed by atoms with Crippen LogP contribution in [0.25, 0.3) is 0 Å². The van der Waals surface area contributed by atoms with Crippen molar-refractivity contribution in [1.29, 1.82) is 0 Å². The standard InChI is InChI=1S/C20H24N2O5/c1-20(2,9-12-3-5-13(23)6-4-12)21-10-17(25)15-7-14(24)8-16-19(15)27-11-18(26)22-16/h3-8,17,21,23-25H,9-11H2,1-2H3,(H,22,26). The van der Waals surface area contributed by atoms with E-state index in [0.29, 0.717) is 23.4 Å². The molecule has 0 bridgehead atoms. The molecule has 2 aromatic rings. The Morgan fingerprint density at radius 2 is 1.89 bits per heavy atom. The number of nitrogens with one attached hydrogen (secondary N) is 2. The first-order valence-corrected chi connectivity index (χ1v) is 8.74. The summed E-state index contributed by atoms with van der Waals surface area (Å²) in [5.41, 5.74) is 1.51. The molecule has 7 heteroatoms. The van der Waals surface area contributed by atoms with Crippen LogP contribution >= 0.6 is 0 Å². The predicted molar refractivity (Wildman–Crippen MR) is 101 cm³/mol. The van der Waals surface area contributed by atoms with Gasteiger partial charge < -0.3 is 30.7 Å². The molecule has 0 saturated carbocycles. The van der Waals surface area contributed by atoms with Crippen LogP contribution in [0.1, 0.15) is 31.1 Å². The molecule has 0 aromatic heterocycles. The first kappa shape index (κ1) is 19.0. The molecule has 2 aromatic carbocycles. The Morgan fingerprint density at radius 3 is 2.59 bits per heavy atom. The van der Waals surface area contributed by atoms with Crippen LogP contribution in [0, 0.1) is 0 Å². The van der Waals surface area contributed by atoms with Crippen LogP contribution in [-0.2, 0) is 11.2 Å². The molecule has 1 aliphatic heterocycles. The number of hydrogen-bond donors (Lipinski definition) is 5. The maximum absolute atomic E-state index is 11.5. The topological polar surface area (TPSA) is 111 Å². The number of carbonyl (C=O) groups is 1. The number of β-amino-alcohol motifs (C(OH)–C–C–N with tert-alkyl or cyclic N) is 1. The maximum atomic E-state index is 11.5. The quantitative estimate of drug-likeness (QED) is 0.531. The lowest BCUT2D eigenvalue weighted by atomic mass is 9.94. The Hall–Kier alpha value is -2.77. The van der Waals surface area contributed by atoms with Gasteiger partial charge in [-0.15, -0.1) is 0 Å². The van der Waals surface area contributed by atoms with Crippen LogP contribution in [-0.4, -0.2) is 39.9 Å². The summed E-state index contributed by atoms with van der Waals surface area (Å²) >= 11 is 0. The van der Waals surface area contributed by atoms with Gasteiger partial charge in [0.2, 0.25) is 0 Å². The number of aliphatic hydroxyl groups excluding tert-OH is 1. The van der Waals surface area contributed by atoms with E-state index in [1.165, 1.54) is 12.1 Å². The van der Waals surface area contributed by atoms with Gasteiger partial charge in [-0.25, -0.2) is 0 Å². The van der Waals surface area contributed by atoms with Gasteiger partial charge >= 0.3 is 0 Å². The van der Waals surface area contributed by atoms with Crippen molar-refractivity contribution in [2.45, 2.75) is 31.9 Å². The zero-order chi connectivity index (χ0) is 19.6.